The Morgan fingerprint density at radius 2 is 1.97 bits per heavy atom. The highest BCUT2D eigenvalue weighted by Crippen LogP contribution is 2.49. The number of rotatable bonds is 1. The molecule has 2 aliphatic rings. The molecule has 1 amide bonds. The SMILES string of the molecule is C[C@H]1CN2c3ncnc4c(F)c(-c5c(O)cccc5F)c(Cl)c(c34)OC[C@@H]2CN1C(=O)OC(C)(C)C. The third-order valence-corrected chi connectivity index (χ3v) is 6.66. The Hall–Kier alpha value is -3.40. The molecule has 1 fully saturated rings. The maximum atomic E-state index is 15.9. The first kappa shape index (κ1) is 24.3. The van der Waals surface area contributed by atoms with E-state index < -0.39 is 29.1 Å². The van der Waals surface area contributed by atoms with Gasteiger partial charge in [0.15, 0.2) is 11.6 Å². The van der Waals surface area contributed by atoms with Gasteiger partial charge in [0.25, 0.3) is 0 Å². The second-order valence-corrected chi connectivity index (χ2v) is 10.4. The van der Waals surface area contributed by atoms with Gasteiger partial charge in [-0.25, -0.2) is 23.5 Å². The number of aromatic hydroxyl groups is 1. The van der Waals surface area contributed by atoms with Gasteiger partial charge in [-0.3, -0.25) is 0 Å². The van der Waals surface area contributed by atoms with Crippen LogP contribution in [0.1, 0.15) is 27.7 Å². The minimum atomic E-state index is -0.898. The Balaban J connectivity index is 1.63. The van der Waals surface area contributed by atoms with Gasteiger partial charge in [0.05, 0.1) is 22.0 Å². The summed E-state index contributed by atoms with van der Waals surface area (Å²) in [4.78, 5) is 25.0. The van der Waals surface area contributed by atoms with E-state index in [1.165, 1.54) is 18.5 Å². The first-order valence-corrected chi connectivity index (χ1v) is 11.9. The lowest BCUT2D eigenvalue weighted by atomic mass is 10.00. The topological polar surface area (TPSA) is 88.0 Å². The molecule has 0 spiro atoms. The largest absolute Gasteiger partial charge is 0.507 e. The van der Waals surface area contributed by atoms with Crippen molar-refractivity contribution < 1.29 is 28.2 Å². The average molecular weight is 519 g/mol. The number of ether oxygens (including phenoxy) is 2. The number of fused-ring (bicyclic) bond motifs is 2. The normalized spacial score (nSPS) is 19.5. The molecule has 0 unspecified atom stereocenters. The zero-order valence-corrected chi connectivity index (χ0v) is 20.9. The van der Waals surface area contributed by atoms with Crippen LogP contribution in [0.5, 0.6) is 11.5 Å². The van der Waals surface area contributed by atoms with Crippen molar-refractivity contribution in [2.45, 2.75) is 45.4 Å². The number of carbonyl (C=O) groups excluding carboxylic acids is 1. The average Bonchev–Trinajstić information content (AvgIpc) is 2.95. The maximum absolute atomic E-state index is 15.9. The molecule has 2 atom stereocenters. The fourth-order valence-corrected chi connectivity index (χ4v) is 5.04. The van der Waals surface area contributed by atoms with Gasteiger partial charge in [-0.1, -0.05) is 17.7 Å². The molecule has 36 heavy (non-hydrogen) atoms. The number of benzene rings is 2. The smallest absolute Gasteiger partial charge is 0.410 e. The molecule has 0 bridgehead atoms. The summed E-state index contributed by atoms with van der Waals surface area (Å²) in [5.41, 5.74) is -1.49. The van der Waals surface area contributed by atoms with E-state index in [2.05, 4.69) is 9.97 Å². The lowest BCUT2D eigenvalue weighted by Crippen LogP contribution is -2.61. The van der Waals surface area contributed by atoms with Crippen molar-refractivity contribution in [3.05, 3.63) is 41.2 Å². The van der Waals surface area contributed by atoms with Crippen LogP contribution in [-0.4, -0.2) is 63.4 Å². The summed E-state index contributed by atoms with van der Waals surface area (Å²) in [6.07, 6.45) is 0.780. The molecule has 3 heterocycles. The van der Waals surface area contributed by atoms with Gasteiger partial charge in [0.1, 0.15) is 41.4 Å². The van der Waals surface area contributed by atoms with Gasteiger partial charge in [0, 0.05) is 24.7 Å². The highest BCUT2D eigenvalue weighted by molar-refractivity contribution is 6.36. The molecule has 5 rings (SSSR count). The van der Waals surface area contributed by atoms with Crippen LogP contribution in [-0.2, 0) is 4.74 Å². The molecule has 1 aromatic heterocycles. The van der Waals surface area contributed by atoms with Gasteiger partial charge in [-0.15, -0.1) is 0 Å². The van der Waals surface area contributed by atoms with Crippen LogP contribution in [0.3, 0.4) is 0 Å². The second-order valence-electron chi connectivity index (χ2n) is 9.99. The highest BCUT2D eigenvalue weighted by atomic mass is 35.5. The first-order valence-electron chi connectivity index (χ1n) is 11.5. The zero-order chi connectivity index (χ0) is 25.9. The molecular weight excluding hydrogens is 494 g/mol. The second kappa shape index (κ2) is 8.62. The molecule has 1 N–H and O–H groups in total. The van der Waals surface area contributed by atoms with Crippen LogP contribution in [0.4, 0.5) is 19.4 Å². The number of piperazine rings is 1. The molecule has 190 valence electrons. The number of hydrogen-bond donors (Lipinski definition) is 1. The number of carbonyl (C=O) groups is 1. The molecule has 8 nitrogen and oxygen atoms in total. The van der Waals surface area contributed by atoms with Crippen LogP contribution >= 0.6 is 11.6 Å². The summed E-state index contributed by atoms with van der Waals surface area (Å²) in [6, 6.07) is 3.07. The van der Waals surface area contributed by atoms with Crippen LogP contribution in [0.2, 0.25) is 5.02 Å². The van der Waals surface area contributed by atoms with Gasteiger partial charge in [-0.05, 0) is 39.8 Å². The van der Waals surface area contributed by atoms with E-state index in [-0.39, 0.29) is 58.0 Å². The van der Waals surface area contributed by atoms with Gasteiger partial charge >= 0.3 is 6.09 Å². The van der Waals surface area contributed by atoms with E-state index in [4.69, 9.17) is 21.1 Å². The van der Waals surface area contributed by atoms with Gasteiger partial charge in [0.2, 0.25) is 0 Å². The molecule has 0 saturated carbocycles. The summed E-state index contributed by atoms with van der Waals surface area (Å²) in [7, 11) is 0. The summed E-state index contributed by atoms with van der Waals surface area (Å²) in [6.45, 7) is 8.04. The summed E-state index contributed by atoms with van der Waals surface area (Å²) in [5.74, 6) is -1.72. The number of halogens is 3. The van der Waals surface area contributed by atoms with Gasteiger partial charge in [-0.2, -0.15) is 0 Å². The fraction of sp³-hybridized carbons (Fsp3) is 0.400. The zero-order valence-electron chi connectivity index (χ0n) is 20.2. The van der Waals surface area contributed by atoms with E-state index in [1.807, 2.05) is 11.8 Å². The summed E-state index contributed by atoms with van der Waals surface area (Å²) in [5, 5.41) is 10.4. The van der Waals surface area contributed by atoms with E-state index >= 15 is 4.39 Å². The van der Waals surface area contributed by atoms with Crippen molar-refractivity contribution >= 4 is 34.4 Å². The molecule has 1 saturated heterocycles. The number of phenols is 1. The Morgan fingerprint density at radius 3 is 2.67 bits per heavy atom. The number of amides is 1. The maximum Gasteiger partial charge on any atom is 0.410 e. The Kier molecular flexibility index (Phi) is 5.82. The van der Waals surface area contributed by atoms with Crippen LogP contribution in [0.25, 0.3) is 22.0 Å². The lowest BCUT2D eigenvalue weighted by molar-refractivity contribution is 0.0109. The molecule has 3 aromatic rings. The van der Waals surface area contributed by atoms with E-state index in [0.717, 1.165) is 6.07 Å². The Morgan fingerprint density at radius 1 is 1.22 bits per heavy atom. The summed E-state index contributed by atoms with van der Waals surface area (Å²) < 4.78 is 42.2. The van der Waals surface area contributed by atoms with E-state index in [0.29, 0.717) is 12.4 Å². The highest BCUT2D eigenvalue weighted by Gasteiger charge is 2.41. The van der Waals surface area contributed by atoms with Crippen LogP contribution < -0.4 is 9.64 Å². The monoisotopic (exact) mass is 518 g/mol. The van der Waals surface area contributed by atoms with E-state index in [1.54, 1.807) is 25.7 Å². The molecule has 0 radical (unpaired) electrons. The summed E-state index contributed by atoms with van der Waals surface area (Å²) >= 11 is 6.63. The first-order chi connectivity index (χ1) is 17.0. The fourth-order valence-electron chi connectivity index (χ4n) is 4.72. The minimum Gasteiger partial charge on any atom is -0.507 e. The molecule has 2 aliphatic heterocycles. The van der Waals surface area contributed by atoms with E-state index in [9.17, 15) is 14.3 Å². The molecular formula is C25H25ClF2N4O4. The molecule has 0 aliphatic carbocycles. The number of anilines is 1. The molecule has 11 heteroatoms. The van der Waals surface area contributed by atoms with Crippen LogP contribution in [0.15, 0.2) is 24.5 Å². The van der Waals surface area contributed by atoms with Crippen molar-refractivity contribution in [1.82, 2.24) is 14.9 Å². The van der Waals surface area contributed by atoms with Gasteiger partial charge < -0.3 is 24.4 Å². The number of aromatic nitrogens is 2. The number of hydrogen-bond acceptors (Lipinski definition) is 7. The standard InChI is InChI=1S/C25H25ClF2N4O4/c1-12-8-32-13(9-31(12)24(34)36-25(2,3)4)10-35-22-18-21(29-11-30-23(18)32)20(28)17(19(22)26)16-14(27)6-5-7-15(16)33/h5-7,11-13,33H,8-10H2,1-4H3/t12-,13-/m0/s1. The molecule has 2 aromatic carbocycles. The van der Waals surface area contributed by atoms with Crippen molar-refractivity contribution in [2.75, 3.05) is 24.6 Å². The Labute approximate surface area is 211 Å². The number of nitrogens with zero attached hydrogens (tertiary/aromatic N) is 4. The third-order valence-electron chi connectivity index (χ3n) is 6.30. The van der Waals surface area contributed by atoms with Crippen molar-refractivity contribution in [2.24, 2.45) is 0 Å². The predicted octanol–water partition coefficient (Wildman–Crippen LogP) is 5.14. The number of phenolic OH excluding ortho intramolecular Hbond substituents is 1. The predicted molar refractivity (Wildman–Crippen MR) is 131 cm³/mol. The lowest BCUT2D eigenvalue weighted by Gasteiger charge is -2.44. The quantitative estimate of drug-likeness (QED) is 0.477. The Bertz CT molecular complexity index is 1360. The minimum absolute atomic E-state index is 0.0888. The third kappa shape index (κ3) is 3.93. The van der Waals surface area contributed by atoms with Crippen LogP contribution in [0, 0.1) is 11.6 Å². The van der Waals surface area contributed by atoms with Crippen molar-refractivity contribution in [3.63, 3.8) is 0 Å². The van der Waals surface area contributed by atoms with Crippen molar-refractivity contribution in [3.8, 4) is 22.6 Å². The van der Waals surface area contributed by atoms with Crippen molar-refractivity contribution in [1.29, 1.82) is 0 Å².